The fraction of sp³-hybridized carbons (Fsp3) is 0.278. The van der Waals surface area contributed by atoms with Crippen LogP contribution in [-0.2, 0) is 12.8 Å². The molecule has 116 valence electrons. The van der Waals surface area contributed by atoms with Crippen molar-refractivity contribution < 1.29 is 14.6 Å². The van der Waals surface area contributed by atoms with Crippen molar-refractivity contribution in [1.82, 2.24) is 0 Å². The van der Waals surface area contributed by atoms with Crippen molar-refractivity contribution >= 4 is 11.6 Å². The summed E-state index contributed by atoms with van der Waals surface area (Å²) in [6.07, 6.45) is 1.65. The van der Waals surface area contributed by atoms with Gasteiger partial charge in [-0.3, -0.25) is 4.79 Å². The molecule has 0 unspecified atom stereocenters. The molecule has 0 radical (unpaired) electrons. The van der Waals surface area contributed by atoms with Crippen molar-refractivity contribution in [1.29, 1.82) is 0 Å². The number of para-hydroxylation sites is 2. The molecular weight excluding hydrogens is 278 g/mol. The van der Waals surface area contributed by atoms with Crippen LogP contribution in [0.4, 0.5) is 5.69 Å². The van der Waals surface area contributed by atoms with Crippen molar-refractivity contribution in [2.75, 3.05) is 12.4 Å². The second kappa shape index (κ2) is 6.98. The second-order valence-electron chi connectivity index (χ2n) is 4.97. The second-order valence-corrected chi connectivity index (χ2v) is 4.97. The summed E-state index contributed by atoms with van der Waals surface area (Å²) in [7, 11) is 1.46. The Balaban J connectivity index is 2.38. The smallest absolute Gasteiger partial charge is 0.259 e. The van der Waals surface area contributed by atoms with E-state index in [1.54, 1.807) is 18.2 Å². The zero-order valence-electron chi connectivity index (χ0n) is 13.1. The number of amides is 1. The minimum Gasteiger partial charge on any atom is -0.504 e. The van der Waals surface area contributed by atoms with Gasteiger partial charge in [-0.15, -0.1) is 0 Å². The van der Waals surface area contributed by atoms with Gasteiger partial charge in [0.05, 0.1) is 12.7 Å². The van der Waals surface area contributed by atoms with Crippen LogP contribution in [0, 0.1) is 0 Å². The first-order chi connectivity index (χ1) is 10.6. The maximum Gasteiger partial charge on any atom is 0.259 e. The number of hydrogen-bond donors (Lipinski definition) is 2. The SMILES string of the molecule is CCc1cccc(CC)c1NC(=O)c1cccc(OC)c1O. The molecule has 0 saturated carbocycles. The number of nitrogens with one attached hydrogen (secondary N) is 1. The van der Waals surface area contributed by atoms with Crippen molar-refractivity contribution in [3.63, 3.8) is 0 Å². The normalized spacial score (nSPS) is 10.3. The third-order valence-electron chi connectivity index (χ3n) is 3.70. The number of anilines is 1. The van der Waals surface area contributed by atoms with Gasteiger partial charge in [-0.25, -0.2) is 0 Å². The van der Waals surface area contributed by atoms with Crippen molar-refractivity contribution in [2.45, 2.75) is 26.7 Å². The predicted octanol–water partition coefficient (Wildman–Crippen LogP) is 3.78. The fourth-order valence-electron chi connectivity index (χ4n) is 2.45. The third-order valence-corrected chi connectivity index (χ3v) is 3.70. The highest BCUT2D eigenvalue weighted by Crippen LogP contribution is 2.31. The first kappa shape index (κ1) is 15.9. The molecule has 0 fully saturated rings. The number of methoxy groups -OCH3 is 1. The summed E-state index contributed by atoms with van der Waals surface area (Å²) < 4.78 is 5.05. The van der Waals surface area contributed by atoms with E-state index in [1.807, 2.05) is 32.0 Å². The molecule has 0 aliphatic carbocycles. The van der Waals surface area contributed by atoms with Gasteiger partial charge in [0.1, 0.15) is 0 Å². The minimum absolute atomic E-state index is 0.144. The number of rotatable bonds is 5. The molecule has 0 aromatic heterocycles. The Kier molecular flexibility index (Phi) is 5.04. The lowest BCUT2D eigenvalue weighted by Gasteiger charge is -2.15. The highest BCUT2D eigenvalue weighted by atomic mass is 16.5. The molecule has 2 N–H and O–H groups in total. The number of aryl methyl sites for hydroxylation is 2. The number of ether oxygens (including phenoxy) is 1. The van der Waals surface area contributed by atoms with Crippen LogP contribution >= 0.6 is 0 Å². The van der Waals surface area contributed by atoms with E-state index in [4.69, 9.17) is 4.74 Å². The van der Waals surface area contributed by atoms with Gasteiger partial charge in [0.2, 0.25) is 0 Å². The Morgan fingerprint density at radius 1 is 1.09 bits per heavy atom. The molecule has 0 aliphatic rings. The maximum atomic E-state index is 12.5. The van der Waals surface area contributed by atoms with Crippen molar-refractivity contribution in [2.24, 2.45) is 0 Å². The summed E-state index contributed by atoms with van der Waals surface area (Å²) in [5, 5.41) is 13.0. The van der Waals surface area contributed by atoms with Crippen LogP contribution in [0.2, 0.25) is 0 Å². The molecule has 0 saturated heterocycles. The quantitative estimate of drug-likeness (QED) is 0.883. The number of phenolic OH excluding ortho intramolecular Hbond substituents is 1. The minimum atomic E-state index is -0.341. The number of carbonyl (C=O) groups excluding carboxylic acids is 1. The molecule has 2 rings (SSSR count). The first-order valence-electron chi connectivity index (χ1n) is 7.40. The van der Waals surface area contributed by atoms with E-state index >= 15 is 0 Å². The molecule has 0 bridgehead atoms. The molecular formula is C18H21NO3. The number of aromatic hydroxyl groups is 1. The van der Waals surface area contributed by atoms with Crippen LogP contribution in [0.15, 0.2) is 36.4 Å². The summed E-state index contributed by atoms with van der Waals surface area (Å²) in [4.78, 5) is 12.5. The van der Waals surface area contributed by atoms with E-state index in [1.165, 1.54) is 7.11 Å². The van der Waals surface area contributed by atoms with E-state index in [9.17, 15) is 9.90 Å². The Hall–Kier alpha value is -2.49. The van der Waals surface area contributed by atoms with Crippen LogP contribution in [-0.4, -0.2) is 18.1 Å². The summed E-state index contributed by atoms with van der Waals surface area (Å²) >= 11 is 0. The highest BCUT2D eigenvalue weighted by Gasteiger charge is 2.17. The van der Waals surface area contributed by atoms with Gasteiger partial charge >= 0.3 is 0 Å². The largest absolute Gasteiger partial charge is 0.504 e. The highest BCUT2D eigenvalue weighted by molar-refractivity contribution is 6.07. The molecule has 22 heavy (non-hydrogen) atoms. The lowest BCUT2D eigenvalue weighted by atomic mass is 10.0. The first-order valence-corrected chi connectivity index (χ1v) is 7.40. The summed E-state index contributed by atoms with van der Waals surface area (Å²) in [6, 6.07) is 10.9. The third kappa shape index (κ3) is 3.06. The van der Waals surface area contributed by atoms with Gasteiger partial charge in [0, 0.05) is 5.69 Å². The van der Waals surface area contributed by atoms with Gasteiger partial charge < -0.3 is 15.2 Å². The number of carbonyl (C=O) groups is 1. The number of benzene rings is 2. The van der Waals surface area contributed by atoms with Crippen LogP contribution in [0.1, 0.15) is 35.3 Å². The van der Waals surface area contributed by atoms with Crippen LogP contribution in [0.5, 0.6) is 11.5 Å². The van der Waals surface area contributed by atoms with Crippen LogP contribution < -0.4 is 10.1 Å². The van der Waals surface area contributed by atoms with E-state index < -0.39 is 0 Å². The van der Waals surface area contributed by atoms with Gasteiger partial charge in [0.15, 0.2) is 11.5 Å². The lowest BCUT2D eigenvalue weighted by molar-refractivity contribution is 0.102. The zero-order valence-corrected chi connectivity index (χ0v) is 13.1. The van der Waals surface area contributed by atoms with Gasteiger partial charge in [-0.1, -0.05) is 38.1 Å². The topological polar surface area (TPSA) is 58.6 Å². The van der Waals surface area contributed by atoms with Crippen molar-refractivity contribution in [3.05, 3.63) is 53.1 Å². The zero-order chi connectivity index (χ0) is 16.1. The molecule has 4 heteroatoms. The lowest BCUT2D eigenvalue weighted by Crippen LogP contribution is -2.15. The Morgan fingerprint density at radius 2 is 1.68 bits per heavy atom. The molecule has 0 heterocycles. The summed E-state index contributed by atoms with van der Waals surface area (Å²) in [5.74, 6) is -0.200. The Labute approximate surface area is 130 Å². The monoisotopic (exact) mass is 299 g/mol. The van der Waals surface area contributed by atoms with E-state index in [0.717, 1.165) is 29.7 Å². The maximum absolute atomic E-state index is 12.5. The summed E-state index contributed by atoms with van der Waals surface area (Å²) in [5.41, 5.74) is 3.19. The molecule has 1 amide bonds. The van der Waals surface area contributed by atoms with Gasteiger partial charge in [-0.05, 0) is 36.1 Å². The van der Waals surface area contributed by atoms with Gasteiger partial charge in [-0.2, -0.15) is 0 Å². The van der Waals surface area contributed by atoms with Crippen LogP contribution in [0.25, 0.3) is 0 Å². The average molecular weight is 299 g/mol. The summed E-state index contributed by atoms with van der Waals surface area (Å²) in [6.45, 7) is 4.10. The number of hydrogen-bond acceptors (Lipinski definition) is 3. The van der Waals surface area contributed by atoms with Crippen molar-refractivity contribution in [3.8, 4) is 11.5 Å². The average Bonchev–Trinajstić information content (AvgIpc) is 2.55. The fourth-order valence-corrected chi connectivity index (χ4v) is 2.45. The molecule has 4 nitrogen and oxygen atoms in total. The Bertz CT molecular complexity index is 658. The molecule has 0 aliphatic heterocycles. The molecule has 2 aromatic rings. The van der Waals surface area contributed by atoms with Crippen LogP contribution in [0.3, 0.4) is 0 Å². The molecule has 0 spiro atoms. The Morgan fingerprint density at radius 3 is 2.23 bits per heavy atom. The number of phenols is 1. The standard InChI is InChI=1S/C18H21NO3/c1-4-12-8-6-9-13(5-2)16(12)19-18(21)14-10-7-11-15(22-3)17(14)20/h6-11,20H,4-5H2,1-3H3,(H,19,21). The molecule has 0 atom stereocenters. The van der Waals surface area contributed by atoms with E-state index in [2.05, 4.69) is 5.32 Å². The van der Waals surface area contributed by atoms with E-state index in [0.29, 0.717) is 0 Å². The predicted molar refractivity (Wildman–Crippen MR) is 87.8 cm³/mol. The van der Waals surface area contributed by atoms with Gasteiger partial charge in [0.25, 0.3) is 5.91 Å². The molecule has 2 aromatic carbocycles. The van der Waals surface area contributed by atoms with E-state index in [-0.39, 0.29) is 23.0 Å².